The van der Waals surface area contributed by atoms with Crippen molar-refractivity contribution in [1.82, 2.24) is 4.90 Å². The highest BCUT2D eigenvalue weighted by Gasteiger charge is 2.34. The molecule has 0 spiro atoms. The first kappa shape index (κ1) is 18.4. The minimum atomic E-state index is -1.10. The zero-order chi connectivity index (χ0) is 18.4. The molecule has 1 fully saturated rings. The molecule has 130 valence electrons. The average molecular weight is 361 g/mol. The lowest BCUT2D eigenvalue weighted by Gasteiger charge is -2.11. The van der Waals surface area contributed by atoms with Gasteiger partial charge in [-0.05, 0) is 42.5 Å². The van der Waals surface area contributed by atoms with Crippen molar-refractivity contribution in [3.05, 3.63) is 28.7 Å². The number of amides is 2. The normalized spacial score (nSPS) is 15.4. The second-order valence-corrected chi connectivity index (χ2v) is 5.79. The maximum atomic E-state index is 12.2. The number of aliphatic carboxylic acids is 1. The summed E-state index contributed by atoms with van der Waals surface area (Å²) in [6.45, 7) is 1.56. The first-order chi connectivity index (χ1) is 12.0. The summed E-state index contributed by atoms with van der Waals surface area (Å²) in [5.74, 6) is 1.35. The molecule has 1 aliphatic rings. The molecule has 2 rings (SSSR count). The van der Waals surface area contributed by atoms with Gasteiger partial charge in [0.1, 0.15) is 0 Å². The van der Waals surface area contributed by atoms with Gasteiger partial charge >= 0.3 is 5.97 Å². The Morgan fingerprint density at radius 2 is 2.12 bits per heavy atom. The van der Waals surface area contributed by atoms with Crippen molar-refractivity contribution < 1.29 is 29.0 Å². The molecule has 1 aromatic rings. The summed E-state index contributed by atoms with van der Waals surface area (Å²) >= 11 is 0.807. The highest BCUT2D eigenvalue weighted by molar-refractivity contribution is 8.18. The molecule has 2 amide bonds. The van der Waals surface area contributed by atoms with E-state index in [0.29, 0.717) is 17.9 Å². The lowest BCUT2D eigenvalue weighted by molar-refractivity contribution is -0.139. The number of hydrogen-bond acceptors (Lipinski definition) is 6. The maximum absolute atomic E-state index is 12.2. The van der Waals surface area contributed by atoms with Crippen molar-refractivity contribution in [2.24, 2.45) is 0 Å². The molecule has 0 radical (unpaired) electrons. The first-order valence-electron chi connectivity index (χ1n) is 7.26. The third kappa shape index (κ3) is 4.55. The van der Waals surface area contributed by atoms with Crippen molar-refractivity contribution >= 4 is 35.0 Å². The number of carboxylic acid groups (broad SMARTS) is 1. The summed E-state index contributed by atoms with van der Waals surface area (Å²) in [5.41, 5.74) is 0.609. The van der Waals surface area contributed by atoms with Crippen LogP contribution in [0.15, 0.2) is 23.1 Å². The van der Waals surface area contributed by atoms with Crippen LogP contribution in [0.4, 0.5) is 4.79 Å². The largest absolute Gasteiger partial charge is 0.490 e. The van der Waals surface area contributed by atoms with Crippen LogP contribution in [-0.4, -0.2) is 46.9 Å². The van der Waals surface area contributed by atoms with Gasteiger partial charge < -0.3 is 14.6 Å². The van der Waals surface area contributed by atoms with Gasteiger partial charge in [-0.3, -0.25) is 14.5 Å². The minimum absolute atomic E-state index is 0.0752. The average Bonchev–Trinajstić information content (AvgIpc) is 2.82. The van der Waals surface area contributed by atoms with Gasteiger partial charge in [-0.1, -0.05) is 12.0 Å². The molecule has 1 aliphatic heterocycles. The molecule has 8 heteroatoms. The van der Waals surface area contributed by atoms with E-state index in [1.54, 1.807) is 31.2 Å². The molecule has 0 aromatic heterocycles. The van der Waals surface area contributed by atoms with Crippen molar-refractivity contribution in [2.75, 3.05) is 19.8 Å². The molecule has 1 saturated heterocycles. The second-order valence-electron chi connectivity index (χ2n) is 4.79. The van der Waals surface area contributed by atoms with Gasteiger partial charge in [0.05, 0.1) is 18.1 Å². The lowest BCUT2D eigenvalue weighted by atomic mass is 10.2. The predicted octanol–water partition coefficient (Wildman–Crippen LogP) is 2.22. The Labute approximate surface area is 148 Å². The molecule has 1 aromatic carbocycles. The van der Waals surface area contributed by atoms with Gasteiger partial charge in [0.15, 0.2) is 18.1 Å². The van der Waals surface area contributed by atoms with Crippen molar-refractivity contribution in [2.45, 2.75) is 6.92 Å². The van der Waals surface area contributed by atoms with Gasteiger partial charge in [0, 0.05) is 0 Å². The van der Waals surface area contributed by atoms with Crippen LogP contribution in [0.3, 0.4) is 0 Å². The van der Waals surface area contributed by atoms with Crippen molar-refractivity contribution in [3.63, 3.8) is 0 Å². The van der Waals surface area contributed by atoms with Crippen LogP contribution in [0, 0.1) is 12.3 Å². The van der Waals surface area contributed by atoms with Crippen LogP contribution in [0.5, 0.6) is 11.5 Å². The van der Waals surface area contributed by atoms with Crippen LogP contribution < -0.4 is 9.47 Å². The van der Waals surface area contributed by atoms with E-state index < -0.39 is 23.7 Å². The Hall–Kier alpha value is -2.92. The molecule has 0 saturated carbocycles. The molecular weight excluding hydrogens is 346 g/mol. The molecule has 0 atom stereocenters. The van der Waals surface area contributed by atoms with E-state index in [0.717, 1.165) is 16.7 Å². The quantitative estimate of drug-likeness (QED) is 0.588. The Balaban J connectivity index is 2.26. The standard InChI is InChI=1S/C17H15NO6S/c1-3-7-18-16(21)14(25-17(18)22)9-11-5-6-12(24-10-15(19)20)13(8-11)23-4-2/h1,5-6,8-9H,4,7,10H2,2H3,(H,19,20)/b14-9+. The minimum Gasteiger partial charge on any atom is -0.490 e. The van der Waals surface area contributed by atoms with Crippen molar-refractivity contribution in [3.8, 4) is 23.8 Å². The number of carboxylic acids is 1. The molecule has 7 nitrogen and oxygen atoms in total. The van der Waals surface area contributed by atoms with E-state index >= 15 is 0 Å². The summed E-state index contributed by atoms with van der Waals surface area (Å²) in [4.78, 5) is 35.8. The van der Waals surface area contributed by atoms with E-state index in [9.17, 15) is 14.4 Å². The number of terminal acetylenes is 1. The third-order valence-electron chi connectivity index (χ3n) is 3.04. The zero-order valence-corrected chi connectivity index (χ0v) is 14.2. The lowest BCUT2D eigenvalue weighted by Crippen LogP contribution is -2.28. The Morgan fingerprint density at radius 1 is 1.36 bits per heavy atom. The number of rotatable bonds is 7. The molecule has 1 N–H and O–H groups in total. The Kier molecular flexibility index (Phi) is 6.08. The highest BCUT2D eigenvalue weighted by atomic mass is 32.2. The number of ether oxygens (including phenoxy) is 2. The van der Waals surface area contributed by atoms with Crippen LogP contribution in [0.1, 0.15) is 12.5 Å². The molecule has 0 aliphatic carbocycles. The van der Waals surface area contributed by atoms with E-state index in [-0.39, 0.29) is 17.2 Å². The Morgan fingerprint density at radius 3 is 2.76 bits per heavy atom. The summed E-state index contributed by atoms with van der Waals surface area (Å²) in [7, 11) is 0. The number of carbonyl (C=O) groups is 3. The van der Waals surface area contributed by atoms with Gasteiger partial charge in [-0.15, -0.1) is 6.42 Å². The Bertz CT molecular complexity index is 780. The fourth-order valence-corrected chi connectivity index (χ4v) is 2.86. The predicted molar refractivity (Wildman–Crippen MR) is 92.3 cm³/mol. The number of nitrogens with zero attached hydrogens (tertiary/aromatic N) is 1. The number of benzene rings is 1. The fourth-order valence-electron chi connectivity index (χ4n) is 2.02. The van der Waals surface area contributed by atoms with Gasteiger partial charge in [-0.2, -0.15) is 0 Å². The topological polar surface area (TPSA) is 93.1 Å². The van der Waals surface area contributed by atoms with E-state index in [2.05, 4.69) is 5.92 Å². The van der Waals surface area contributed by atoms with E-state index in [1.165, 1.54) is 0 Å². The molecule has 1 heterocycles. The van der Waals surface area contributed by atoms with Gasteiger partial charge in [-0.25, -0.2) is 4.79 Å². The van der Waals surface area contributed by atoms with Gasteiger partial charge in [0.2, 0.25) is 0 Å². The van der Waals surface area contributed by atoms with Gasteiger partial charge in [0.25, 0.3) is 11.1 Å². The monoisotopic (exact) mass is 361 g/mol. The summed E-state index contributed by atoms with van der Waals surface area (Å²) in [6.07, 6.45) is 6.70. The molecule has 0 bridgehead atoms. The zero-order valence-electron chi connectivity index (χ0n) is 13.4. The first-order valence-corrected chi connectivity index (χ1v) is 8.08. The third-order valence-corrected chi connectivity index (χ3v) is 3.95. The number of thioether (sulfide) groups is 1. The van der Waals surface area contributed by atoms with Crippen LogP contribution >= 0.6 is 11.8 Å². The second kappa shape index (κ2) is 8.26. The van der Waals surface area contributed by atoms with Crippen LogP contribution in [0.25, 0.3) is 6.08 Å². The number of carbonyl (C=O) groups excluding carboxylic acids is 2. The van der Waals surface area contributed by atoms with E-state index in [4.69, 9.17) is 21.0 Å². The van der Waals surface area contributed by atoms with Crippen LogP contribution in [0.2, 0.25) is 0 Å². The SMILES string of the molecule is C#CCN1C(=O)S/C(=C/c2ccc(OCC(=O)O)c(OCC)c2)C1=O. The molecular formula is C17H15NO6S. The smallest absolute Gasteiger partial charge is 0.341 e. The van der Waals surface area contributed by atoms with Crippen LogP contribution in [-0.2, 0) is 9.59 Å². The highest BCUT2D eigenvalue weighted by Crippen LogP contribution is 2.34. The van der Waals surface area contributed by atoms with E-state index in [1.807, 2.05) is 0 Å². The number of imide groups is 1. The van der Waals surface area contributed by atoms with Crippen molar-refractivity contribution in [1.29, 1.82) is 0 Å². The molecule has 25 heavy (non-hydrogen) atoms. The summed E-state index contributed by atoms with van der Waals surface area (Å²) < 4.78 is 10.6. The summed E-state index contributed by atoms with van der Waals surface area (Å²) in [5, 5.41) is 8.28. The fraction of sp³-hybridized carbons (Fsp3) is 0.235. The number of hydrogen-bond donors (Lipinski definition) is 1. The molecule has 0 unspecified atom stereocenters. The summed E-state index contributed by atoms with van der Waals surface area (Å²) in [6, 6.07) is 4.79. The maximum Gasteiger partial charge on any atom is 0.341 e.